The molecule has 48 heavy (non-hydrogen) atoms. The summed E-state index contributed by atoms with van der Waals surface area (Å²) in [5.74, 6) is -0.235. The standard InChI is InChI=1S/C44H28N2O2/c47-43(29-15-3-1-4-16-29)35-27-42(46-39-25-13-9-21-33(39)34-22-10-14-26-40(34)46)36(44(48)30-17-5-2-6-18-30)28-41(35)45-37-23-11-7-19-31(37)32-20-8-12-24-38(32)45/h1-28H. The zero-order valence-electron chi connectivity index (χ0n) is 25.9. The lowest BCUT2D eigenvalue weighted by Crippen LogP contribution is -2.14. The fraction of sp³-hybridized carbons (Fsp3) is 0. The van der Waals surface area contributed by atoms with Gasteiger partial charge in [-0.25, -0.2) is 0 Å². The maximum atomic E-state index is 14.7. The molecule has 0 atom stereocenters. The highest BCUT2D eigenvalue weighted by Crippen LogP contribution is 2.39. The van der Waals surface area contributed by atoms with Crippen molar-refractivity contribution in [2.24, 2.45) is 0 Å². The molecule has 0 amide bonds. The van der Waals surface area contributed by atoms with Gasteiger partial charge in [-0.2, -0.15) is 0 Å². The average molecular weight is 617 g/mol. The fourth-order valence-corrected chi connectivity index (χ4v) is 7.16. The van der Waals surface area contributed by atoms with Gasteiger partial charge in [-0.05, 0) is 36.4 Å². The number of benzene rings is 7. The molecule has 0 radical (unpaired) electrons. The van der Waals surface area contributed by atoms with Gasteiger partial charge in [0.1, 0.15) is 0 Å². The summed E-state index contributed by atoms with van der Waals surface area (Å²) in [6.45, 7) is 0. The van der Waals surface area contributed by atoms with E-state index < -0.39 is 0 Å². The maximum Gasteiger partial charge on any atom is 0.195 e. The van der Waals surface area contributed by atoms with E-state index in [4.69, 9.17) is 0 Å². The molecule has 0 aliphatic carbocycles. The van der Waals surface area contributed by atoms with Crippen LogP contribution >= 0.6 is 0 Å². The van der Waals surface area contributed by atoms with Gasteiger partial charge in [0.15, 0.2) is 11.6 Å². The van der Waals surface area contributed by atoms with E-state index in [1.54, 1.807) is 0 Å². The minimum Gasteiger partial charge on any atom is -0.308 e. The monoisotopic (exact) mass is 616 g/mol. The molecule has 0 fully saturated rings. The first-order valence-electron chi connectivity index (χ1n) is 16.0. The topological polar surface area (TPSA) is 44.0 Å². The molecular formula is C44H28N2O2. The molecule has 9 rings (SSSR count). The van der Waals surface area contributed by atoms with Crippen LogP contribution in [0, 0.1) is 0 Å². The molecule has 7 aromatic carbocycles. The Labute approximate surface area is 276 Å². The van der Waals surface area contributed by atoms with Crippen molar-refractivity contribution in [3.63, 3.8) is 0 Å². The van der Waals surface area contributed by atoms with Gasteiger partial charge in [0.2, 0.25) is 0 Å². The lowest BCUT2D eigenvalue weighted by molar-refractivity contribution is 0.102. The third-order valence-electron chi connectivity index (χ3n) is 9.32. The van der Waals surface area contributed by atoms with E-state index in [2.05, 4.69) is 57.7 Å². The van der Waals surface area contributed by atoms with E-state index >= 15 is 0 Å². The summed E-state index contributed by atoms with van der Waals surface area (Å²) >= 11 is 0. The summed E-state index contributed by atoms with van der Waals surface area (Å²) in [5.41, 5.74) is 7.34. The summed E-state index contributed by atoms with van der Waals surface area (Å²) in [6.07, 6.45) is 0. The minimum atomic E-state index is -0.117. The van der Waals surface area contributed by atoms with Gasteiger partial charge in [-0.3, -0.25) is 9.59 Å². The SMILES string of the molecule is O=C(c1ccccc1)c1cc(-n2c3ccccc3c3ccccc32)c(C(=O)c2ccccc2)cc1-n1c2ccccc2c2ccccc21. The lowest BCUT2D eigenvalue weighted by atomic mass is 9.94. The molecule has 2 heterocycles. The molecule has 0 aliphatic rings. The Morgan fingerprint density at radius 2 is 0.604 bits per heavy atom. The number of fused-ring (bicyclic) bond motifs is 6. The second-order valence-electron chi connectivity index (χ2n) is 12.0. The van der Waals surface area contributed by atoms with Crippen LogP contribution in [0.3, 0.4) is 0 Å². The highest BCUT2D eigenvalue weighted by atomic mass is 16.1. The molecule has 0 bridgehead atoms. The Morgan fingerprint density at radius 1 is 0.333 bits per heavy atom. The van der Waals surface area contributed by atoms with Gasteiger partial charge in [-0.15, -0.1) is 0 Å². The first-order chi connectivity index (χ1) is 23.7. The summed E-state index contributed by atoms with van der Waals surface area (Å²) in [7, 11) is 0. The second-order valence-corrected chi connectivity index (χ2v) is 12.0. The predicted molar refractivity (Wildman–Crippen MR) is 195 cm³/mol. The Morgan fingerprint density at radius 3 is 0.917 bits per heavy atom. The lowest BCUT2D eigenvalue weighted by Gasteiger charge is -2.20. The second kappa shape index (κ2) is 11.1. The quantitative estimate of drug-likeness (QED) is 0.175. The minimum absolute atomic E-state index is 0.117. The van der Waals surface area contributed by atoms with Crippen molar-refractivity contribution in [1.29, 1.82) is 0 Å². The van der Waals surface area contributed by atoms with Crippen LogP contribution in [0.15, 0.2) is 170 Å². The number of carbonyl (C=O) groups is 2. The van der Waals surface area contributed by atoms with Crippen LogP contribution in [0.4, 0.5) is 0 Å². The van der Waals surface area contributed by atoms with Crippen molar-refractivity contribution in [3.05, 3.63) is 192 Å². The summed E-state index contributed by atoms with van der Waals surface area (Å²) in [6, 6.07) is 55.5. The van der Waals surface area contributed by atoms with Crippen molar-refractivity contribution < 1.29 is 9.59 Å². The largest absolute Gasteiger partial charge is 0.308 e. The van der Waals surface area contributed by atoms with E-state index in [1.807, 2.05) is 121 Å². The smallest absolute Gasteiger partial charge is 0.195 e. The first-order valence-corrected chi connectivity index (χ1v) is 16.0. The zero-order valence-corrected chi connectivity index (χ0v) is 25.9. The number of para-hydroxylation sites is 4. The van der Waals surface area contributed by atoms with Gasteiger partial charge in [0.25, 0.3) is 0 Å². The van der Waals surface area contributed by atoms with Crippen LogP contribution < -0.4 is 0 Å². The van der Waals surface area contributed by atoms with E-state index in [0.717, 1.165) is 43.6 Å². The van der Waals surface area contributed by atoms with E-state index in [0.29, 0.717) is 33.6 Å². The maximum absolute atomic E-state index is 14.7. The van der Waals surface area contributed by atoms with Crippen LogP contribution in [0.25, 0.3) is 55.0 Å². The third-order valence-corrected chi connectivity index (χ3v) is 9.32. The first kappa shape index (κ1) is 27.8. The number of carbonyl (C=O) groups excluding carboxylic acids is 2. The normalized spacial score (nSPS) is 11.5. The van der Waals surface area contributed by atoms with Crippen LogP contribution in [-0.4, -0.2) is 20.7 Å². The average Bonchev–Trinajstić information content (AvgIpc) is 3.67. The van der Waals surface area contributed by atoms with Gasteiger partial charge < -0.3 is 9.13 Å². The van der Waals surface area contributed by atoms with Gasteiger partial charge in [-0.1, -0.05) is 133 Å². The predicted octanol–water partition coefficient (Wildman–Crippen LogP) is 10.3. The molecule has 2 aromatic heterocycles. The van der Waals surface area contributed by atoms with Crippen LogP contribution in [0.2, 0.25) is 0 Å². The van der Waals surface area contributed by atoms with Crippen molar-refractivity contribution >= 4 is 55.2 Å². The summed E-state index contributed by atoms with van der Waals surface area (Å²) in [4.78, 5) is 29.5. The Hall–Kier alpha value is -6.52. The third kappa shape index (κ3) is 4.24. The van der Waals surface area contributed by atoms with E-state index in [9.17, 15) is 9.59 Å². The van der Waals surface area contributed by atoms with Gasteiger partial charge in [0, 0.05) is 43.8 Å². The molecule has 0 spiro atoms. The Bertz CT molecular complexity index is 2400. The number of nitrogens with zero attached hydrogens (tertiary/aromatic N) is 2. The Balaban J connectivity index is 1.46. The van der Waals surface area contributed by atoms with Crippen molar-refractivity contribution in [2.45, 2.75) is 0 Å². The van der Waals surface area contributed by atoms with Crippen molar-refractivity contribution in [2.75, 3.05) is 0 Å². The molecule has 4 heteroatoms. The Kier molecular flexibility index (Phi) is 6.41. The molecule has 0 unspecified atom stereocenters. The molecule has 4 nitrogen and oxygen atoms in total. The van der Waals surface area contributed by atoms with Crippen molar-refractivity contribution in [1.82, 2.24) is 9.13 Å². The zero-order chi connectivity index (χ0) is 32.2. The van der Waals surface area contributed by atoms with Crippen LogP contribution in [-0.2, 0) is 0 Å². The number of aromatic nitrogens is 2. The summed E-state index contributed by atoms with van der Waals surface area (Å²) < 4.78 is 4.27. The van der Waals surface area contributed by atoms with E-state index in [-0.39, 0.29) is 11.6 Å². The molecule has 0 N–H and O–H groups in total. The van der Waals surface area contributed by atoms with Crippen molar-refractivity contribution in [3.8, 4) is 11.4 Å². The fourth-order valence-electron chi connectivity index (χ4n) is 7.16. The van der Waals surface area contributed by atoms with Crippen LogP contribution in [0.1, 0.15) is 31.8 Å². The number of hydrogen-bond acceptors (Lipinski definition) is 2. The molecule has 0 aliphatic heterocycles. The number of ketones is 2. The highest BCUT2D eigenvalue weighted by molar-refractivity contribution is 6.18. The van der Waals surface area contributed by atoms with Gasteiger partial charge in [0.05, 0.1) is 33.4 Å². The van der Waals surface area contributed by atoms with Gasteiger partial charge >= 0.3 is 0 Å². The van der Waals surface area contributed by atoms with Crippen LogP contribution in [0.5, 0.6) is 0 Å². The number of hydrogen-bond donors (Lipinski definition) is 0. The molecule has 226 valence electrons. The molecule has 0 saturated heterocycles. The van der Waals surface area contributed by atoms with E-state index in [1.165, 1.54) is 0 Å². The molecule has 9 aromatic rings. The molecular weight excluding hydrogens is 588 g/mol. The highest BCUT2D eigenvalue weighted by Gasteiger charge is 2.26. The molecule has 0 saturated carbocycles. The summed E-state index contributed by atoms with van der Waals surface area (Å²) in [5, 5.41) is 4.31. The number of rotatable bonds is 6.